The zero-order chi connectivity index (χ0) is 22.2. The molecule has 5 aromatic rings. The molecule has 2 aliphatic carbocycles. The number of fused-ring (bicyclic) bond motifs is 8. The van der Waals surface area contributed by atoms with Crippen molar-refractivity contribution in [3.8, 4) is 22.3 Å². The zero-order valence-electron chi connectivity index (χ0n) is 19.3. The third-order valence-corrected chi connectivity index (χ3v) is 8.22. The fraction of sp³-hybridized carbons (Fsp3) is 0.250. The first-order valence-electron chi connectivity index (χ1n) is 12.4. The van der Waals surface area contributed by atoms with Crippen molar-refractivity contribution >= 4 is 21.9 Å². The maximum absolute atomic E-state index is 6.19. The largest absolute Gasteiger partial charge is 0.456 e. The Balaban J connectivity index is 1.40. The summed E-state index contributed by atoms with van der Waals surface area (Å²) in [5.41, 5.74) is 12.1. The van der Waals surface area contributed by atoms with Gasteiger partial charge in [-0.3, -0.25) is 0 Å². The van der Waals surface area contributed by atoms with E-state index in [2.05, 4.69) is 86.6 Å². The van der Waals surface area contributed by atoms with Crippen molar-refractivity contribution in [3.05, 3.63) is 95.6 Å². The molecule has 1 heteroatoms. The standard InChI is InChI=1S/C32H28O/c1-20(2)21-9-12-24-25-13-10-22(18-29(25)32(28(24)17-21)15-5-6-16-32)23-11-14-27-26-7-3-4-8-30(26)33-31(27)19-23/h3-4,7-14,17-20H,5-6,15-16H2,1-2H3. The van der Waals surface area contributed by atoms with E-state index in [0.29, 0.717) is 5.92 Å². The number of para-hydroxylation sites is 1. The van der Waals surface area contributed by atoms with Gasteiger partial charge in [0.2, 0.25) is 0 Å². The van der Waals surface area contributed by atoms with Crippen LogP contribution in [0.3, 0.4) is 0 Å². The lowest BCUT2D eigenvalue weighted by molar-refractivity contribution is 0.549. The Labute approximate surface area is 195 Å². The Morgan fingerprint density at radius 3 is 2.15 bits per heavy atom. The van der Waals surface area contributed by atoms with Crippen LogP contribution in [0.15, 0.2) is 83.3 Å². The molecule has 0 atom stereocenters. The Kier molecular flexibility index (Phi) is 3.97. The molecule has 0 bridgehead atoms. The van der Waals surface area contributed by atoms with Crippen molar-refractivity contribution in [3.63, 3.8) is 0 Å². The number of rotatable bonds is 2. The maximum Gasteiger partial charge on any atom is 0.136 e. The van der Waals surface area contributed by atoms with Gasteiger partial charge < -0.3 is 4.42 Å². The molecule has 1 saturated carbocycles. The van der Waals surface area contributed by atoms with Crippen LogP contribution in [0.2, 0.25) is 0 Å². The van der Waals surface area contributed by atoms with Crippen LogP contribution in [-0.4, -0.2) is 0 Å². The first-order chi connectivity index (χ1) is 16.1. The van der Waals surface area contributed by atoms with Gasteiger partial charge in [-0.2, -0.15) is 0 Å². The number of hydrogen-bond donors (Lipinski definition) is 0. The molecule has 1 aromatic heterocycles. The van der Waals surface area contributed by atoms with Crippen LogP contribution in [0.5, 0.6) is 0 Å². The second-order valence-electron chi connectivity index (χ2n) is 10.3. The Morgan fingerprint density at radius 1 is 0.667 bits per heavy atom. The minimum Gasteiger partial charge on any atom is -0.456 e. The monoisotopic (exact) mass is 428 g/mol. The van der Waals surface area contributed by atoms with Gasteiger partial charge in [0, 0.05) is 16.2 Å². The summed E-state index contributed by atoms with van der Waals surface area (Å²) in [4.78, 5) is 0. The molecule has 1 spiro atoms. The third-order valence-electron chi connectivity index (χ3n) is 8.22. The summed E-state index contributed by atoms with van der Waals surface area (Å²) < 4.78 is 6.19. The van der Waals surface area contributed by atoms with E-state index in [0.717, 1.165) is 11.2 Å². The fourth-order valence-electron chi connectivity index (χ4n) is 6.47. The Morgan fingerprint density at radius 2 is 1.33 bits per heavy atom. The van der Waals surface area contributed by atoms with E-state index in [1.807, 2.05) is 6.07 Å². The highest BCUT2D eigenvalue weighted by Crippen LogP contribution is 2.57. The minimum atomic E-state index is 0.190. The van der Waals surface area contributed by atoms with Gasteiger partial charge in [-0.1, -0.05) is 81.3 Å². The van der Waals surface area contributed by atoms with E-state index >= 15 is 0 Å². The van der Waals surface area contributed by atoms with Gasteiger partial charge in [-0.05, 0) is 82.0 Å². The SMILES string of the molecule is CC(C)c1ccc2c(c1)C1(CCCC1)c1cc(-c3ccc4c(c3)oc3ccccc34)ccc1-2. The lowest BCUT2D eigenvalue weighted by atomic mass is 9.75. The number of benzene rings is 4. The smallest absolute Gasteiger partial charge is 0.136 e. The lowest BCUT2D eigenvalue weighted by Crippen LogP contribution is -2.20. The Hall–Kier alpha value is -3.32. The third kappa shape index (κ3) is 2.66. The van der Waals surface area contributed by atoms with Crippen molar-refractivity contribution in [2.24, 2.45) is 0 Å². The molecule has 162 valence electrons. The van der Waals surface area contributed by atoms with E-state index in [9.17, 15) is 0 Å². The van der Waals surface area contributed by atoms with Crippen molar-refractivity contribution in [1.29, 1.82) is 0 Å². The fourth-order valence-corrected chi connectivity index (χ4v) is 6.47. The molecule has 0 unspecified atom stereocenters. The first kappa shape index (κ1) is 19.2. The van der Waals surface area contributed by atoms with Crippen LogP contribution < -0.4 is 0 Å². The van der Waals surface area contributed by atoms with Crippen LogP contribution in [0.4, 0.5) is 0 Å². The summed E-state index contributed by atoms with van der Waals surface area (Å²) in [5, 5.41) is 2.38. The average molecular weight is 429 g/mol. The minimum absolute atomic E-state index is 0.190. The summed E-state index contributed by atoms with van der Waals surface area (Å²) in [5.74, 6) is 0.559. The van der Waals surface area contributed by atoms with Crippen LogP contribution in [-0.2, 0) is 5.41 Å². The van der Waals surface area contributed by atoms with Crippen molar-refractivity contribution < 1.29 is 4.42 Å². The van der Waals surface area contributed by atoms with Gasteiger partial charge >= 0.3 is 0 Å². The van der Waals surface area contributed by atoms with E-state index < -0.39 is 0 Å². The summed E-state index contributed by atoms with van der Waals surface area (Å²) in [6.45, 7) is 4.61. The van der Waals surface area contributed by atoms with Crippen LogP contribution in [0.25, 0.3) is 44.2 Å². The van der Waals surface area contributed by atoms with Gasteiger partial charge in [-0.15, -0.1) is 0 Å². The Bertz CT molecular complexity index is 1540. The average Bonchev–Trinajstić information content (AvgIpc) is 3.54. The highest BCUT2D eigenvalue weighted by atomic mass is 16.3. The van der Waals surface area contributed by atoms with Crippen LogP contribution in [0.1, 0.15) is 62.1 Å². The highest BCUT2D eigenvalue weighted by molar-refractivity contribution is 6.05. The molecular weight excluding hydrogens is 400 g/mol. The molecule has 1 heterocycles. The highest BCUT2D eigenvalue weighted by Gasteiger charge is 2.45. The molecule has 0 saturated heterocycles. The predicted molar refractivity (Wildman–Crippen MR) is 138 cm³/mol. The second-order valence-corrected chi connectivity index (χ2v) is 10.3. The van der Waals surface area contributed by atoms with Crippen molar-refractivity contribution in [2.75, 3.05) is 0 Å². The summed E-state index contributed by atoms with van der Waals surface area (Å²) >= 11 is 0. The molecule has 0 amide bonds. The zero-order valence-corrected chi connectivity index (χ0v) is 19.3. The van der Waals surface area contributed by atoms with Gasteiger partial charge in [0.05, 0.1) is 0 Å². The molecular formula is C32H28O. The predicted octanol–water partition coefficient (Wildman–Crippen LogP) is 9.22. The summed E-state index contributed by atoms with van der Waals surface area (Å²) in [7, 11) is 0. The molecule has 0 aliphatic heterocycles. The van der Waals surface area contributed by atoms with Crippen LogP contribution >= 0.6 is 0 Å². The molecule has 33 heavy (non-hydrogen) atoms. The van der Waals surface area contributed by atoms with Gasteiger partial charge in [-0.25, -0.2) is 0 Å². The van der Waals surface area contributed by atoms with Gasteiger partial charge in [0.15, 0.2) is 0 Å². The lowest BCUT2D eigenvalue weighted by Gasteiger charge is -2.27. The van der Waals surface area contributed by atoms with Gasteiger partial charge in [0.25, 0.3) is 0 Å². The first-order valence-corrected chi connectivity index (χ1v) is 12.4. The molecule has 0 N–H and O–H groups in total. The van der Waals surface area contributed by atoms with Gasteiger partial charge in [0.1, 0.15) is 11.2 Å². The second kappa shape index (κ2) is 6.84. The van der Waals surface area contributed by atoms with Crippen molar-refractivity contribution in [1.82, 2.24) is 0 Å². The van der Waals surface area contributed by atoms with Crippen LogP contribution in [0, 0.1) is 0 Å². The summed E-state index contributed by atoms with van der Waals surface area (Å²) in [6, 6.07) is 29.4. The summed E-state index contributed by atoms with van der Waals surface area (Å²) in [6.07, 6.45) is 5.17. The molecule has 4 aromatic carbocycles. The molecule has 7 rings (SSSR count). The topological polar surface area (TPSA) is 13.1 Å². The van der Waals surface area contributed by atoms with E-state index in [4.69, 9.17) is 4.42 Å². The van der Waals surface area contributed by atoms with E-state index in [1.54, 1.807) is 5.56 Å². The quantitative estimate of drug-likeness (QED) is 0.273. The van der Waals surface area contributed by atoms with Crippen molar-refractivity contribution in [2.45, 2.75) is 50.9 Å². The molecule has 0 radical (unpaired) electrons. The van der Waals surface area contributed by atoms with E-state index in [1.165, 1.54) is 69.8 Å². The van der Waals surface area contributed by atoms with E-state index in [-0.39, 0.29) is 5.41 Å². The normalized spacial score (nSPS) is 16.2. The number of furan rings is 1. The number of hydrogen-bond acceptors (Lipinski definition) is 1. The molecule has 2 aliphatic rings. The molecule has 1 nitrogen and oxygen atoms in total. The molecule has 1 fully saturated rings. The maximum atomic E-state index is 6.19.